The lowest BCUT2D eigenvalue weighted by atomic mass is 10.3. The third-order valence-corrected chi connectivity index (χ3v) is 0.892. The van der Waals surface area contributed by atoms with Gasteiger partial charge < -0.3 is 15.6 Å². The number of carboxylic acids is 1. The van der Waals surface area contributed by atoms with E-state index in [0.717, 1.165) is 13.3 Å². The summed E-state index contributed by atoms with van der Waals surface area (Å²) in [5.74, 6) is -0.833. The maximum atomic E-state index is 9.97. The number of primary amides is 1. The fourth-order valence-corrected chi connectivity index (χ4v) is 0.282. The summed E-state index contributed by atoms with van der Waals surface area (Å²) in [6, 6.07) is 0. The molecule has 0 saturated heterocycles. The predicted octanol–water partition coefficient (Wildman–Crippen LogP) is 0.971. The first kappa shape index (κ1) is 13.3. The number of rotatable bonds is 2. The summed E-state index contributed by atoms with van der Waals surface area (Å²) in [5, 5.41) is 7.42. The SMILES string of the molecule is CC(=O)O.CCC(C)OC(N)=O. The Morgan fingerprint density at radius 3 is 2.00 bits per heavy atom. The minimum Gasteiger partial charge on any atom is -0.481 e. The van der Waals surface area contributed by atoms with Crippen LogP contribution in [0.15, 0.2) is 0 Å². The minimum atomic E-state index is -0.833. The van der Waals surface area contributed by atoms with E-state index in [4.69, 9.17) is 15.6 Å². The number of carbonyl (C=O) groups excluding carboxylic acids is 1. The first-order valence-electron chi connectivity index (χ1n) is 3.55. The van der Waals surface area contributed by atoms with E-state index in [2.05, 4.69) is 4.74 Å². The van der Waals surface area contributed by atoms with E-state index in [9.17, 15) is 4.79 Å². The Bertz CT molecular complexity index is 142. The summed E-state index contributed by atoms with van der Waals surface area (Å²) in [7, 11) is 0. The standard InChI is InChI=1S/C5H11NO2.C2H4O2/c1-3-4(2)8-5(6)7;1-2(3)4/h4H,3H2,1-2H3,(H2,6,7);1H3,(H,3,4). The number of carbonyl (C=O) groups is 2. The number of nitrogens with two attached hydrogens (primary N) is 1. The Labute approximate surface area is 71.5 Å². The van der Waals surface area contributed by atoms with Crippen LogP contribution in [0.5, 0.6) is 0 Å². The summed E-state index contributed by atoms with van der Waals surface area (Å²) in [6.45, 7) is 4.80. The molecule has 0 aliphatic carbocycles. The van der Waals surface area contributed by atoms with Crippen LogP contribution in [0.4, 0.5) is 4.79 Å². The van der Waals surface area contributed by atoms with Crippen LogP contribution in [-0.4, -0.2) is 23.3 Å². The highest BCUT2D eigenvalue weighted by Gasteiger charge is 1.99. The van der Waals surface area contributed by atoms with Crippen molar-refractivity contribution in [1.29, 1.82) is 0 Å². The molecule has 0 heterocycles. The highest BCUT2D eigenvalue weighted by molar-refractivity contribution is 5.64. The molecule has 3 N–H and O–H groups in total. The van der Waals surface area contributed by atoms with E-state index in [1.807, 2.05) is 6.92 Å². The van der Waals surface area contributed by atoms with Gasteiger partial charge in [-0.1, -0.05) is 6.92 Å². The van der Waals surface area contributed by atoms with Crippen molar-refractivity contribution < 1.29 is 19.4 Å². The van der Waals surface area contributed by atoms with Crippen LogP contribution in [0.3, 0.4) is 0 Å². The Morgan fingerprint density at radius 2 is 1.92 bits per heavy atom. The van der Waals surface area contributed by atoms with Crippen molar-refractivity contribution in [2.45, 2.75) is 33.3 Å². The van der Waals surface area contributed by atoms with E-state index >= 15 is 0 Å². The number of carboxylic acid groups (broad SMARTS) is 1. The second-order valence-electron chi connectivity index (χ2n) is 2.17. The molecule has 0 aliphatic rings. The van der Waals surface area contributed by atoms with Crippen LogP contribution in [0.1, 0.15) is 27.2 Å². The van der Waals surface area contributed by atoms with Gasteiger partial charge in [-0.05, 0) is 13.3 Å². The lowest BCUT2D eigenvalue weighted by Gasteiger charge is -2.06. The molecule has 0 radical (unpaired) electrons. The molecule has 0 spiro atoms. The third kappa shape index (κ3) is 23.3. The minimum absolute atomic E-state index is 0.0486. The van der Waals surface area contributed by atoms with Gasteiger partial charge in [0.15, 0.2) is 0 Å². The zero-order valence-electron chi connectivity index (χ0n) is 7.53. The fourth-order valence-electron chi connectivity index (χ4n) is 0.282. The monoisotopic (exact) mass is 177 g/mol. The number of ether oxygens (including phenoxy) is 1. The van der Waals surface area contributed by atoms with Crippen LogP contribution in [0, 0.1) is 0 Å². The summed E-state index contributed by atoms with van der Waals surface area (Å²) < 4.78 is 4.54. The van der Waals surface area contributed by atoms with Gasteiger partial charge in [0.1, 0.15) is 6.10 Å². The van der Waals surface area contributed by atoms with Gasteiger partial charge in [-0.3, -0.25) is 4.79 Å². The lowest BCUT2D eigenvalue weighted by Crippen LogP contribution is -2.19. The van der Waals surface area contributed by atoms with Crippen LogP contribution >= 0.6 is 0 Å². The largest absolute Gasteiger partial charge is 0.481 e. The maximum Gasteiger partial charge on any atom is 0.404 e. The number of hydrogen-bond donors (Lipinski definition) is 2. The van der Waals surface area contributed by atoms with Gasteiger partial charge >= 0.3 is 6.09 Å². The van der Waals surface area contributed by atoms with Crippen LogP contribution in [0.25, 0.3) is 0 Å². The van der Waals surface area contributed by atoms with Gasteiger partial charge in [0.2, 0.25) is 0 Å². The summed E-state index contributed by atoms with van der Waals surface area (Å²) in [5.41, 5.74) is 4.71. The summed E-state index contributed by atoms with van der Waals surface area (Å²) in [6.07, 6.45) is 0.0648. The molecule has 72 valence electrons. The molecule has 0 aromatic carbocycles. The zero-order valence-corrected chi connectivity index (χ0v) is 7.53. The molecule has 0 bridgehead atoms. The molecule has 12 heavy (non-hydrogen) atoms. The molecule has 0 fully saturated rings. The van der Waals surface area contributed by atoms with Crippen LogP contribution in [0.2, 0.25) is 0 Å². The van der Waals surface area contributed by atoms with Crippen molar-refractivity contribution >= 4 is 12.1 Å². The van der Waals surface area contributed by atoms with E-state index in [1.165, 1.54) is 0 Å². The maximum absolute atomic E-state index is 9.97. The van der Waals surface area contributed by atoms with Crippen molar-refractivity contribution in [1.82, 2.24) is 0 Å². The average Bonchev–Trinajstić information content (AvgIpc) is 1.84. The van der Waals surface area contributed by atoms with Gasteiger partial charge in [-0.25, -0.2) is 4.79 Å². The van der Waals surface area contributed by atoms with Crippen LogP contribution < -0.4 is 5.73 Å². The molecule has 0 rings (SSSR count). The van der Waals surface area contributed by atoms with E-state index in [1.54, 1.807) is 6.92 Å². The highest BCUT2D eigenvalue weighted by atomic mass is 16.6. The molecule has 0 saturated carbocycles. The van der Waals surface area contributed by atoms with Crippen LogP contribution in [-0.2, 0) is 9.53 Å². The normalized spacial score (nSPS) is 10.6. The molecule has 1 amide bonds. The topological polar surface area (TPSA) is 89.6 Å². The Hall–Kier alpha value is -1.26. The van der Waals surface area contributed by atoms with Crippen molar-refractivity contribution in [3.63, 3.8) is 0 Å². The Morgan fingerprint density at radius 1 is 1.58 bits per heavy atom. The second kappa shape index (κ2) is 7.84. The Balaban J connectivity index is 0. The molecule has 5 heteroatoms. The lowest BCUT2D eigenvalue weighted by molar-refractivity contribution is -0.134. The molecule has 5 nitrogen and oxygen atoms in total. The quantitative estimate of drug-likeness (QED) is 0.657. The van der Waals surface area contributed by atoms with Crippen molar-refractivity contribution in [2.24, 2.45) is 5.73 Å². The van der Waals surface area contributed by atoms with Gasteiger partial charge in [-0.2, -0.15) is 0 Å². The molecular formula is C7H15NO4. The van der Waals surface area contributed by atoms with Gasteiger partial charge in [-0.15, -0.1) is 0 Å². The number of hydrogen-bond acceptors (Lipinski definition) is 3. The zero-order chi connectivity index (χ0) is 10.1. The number of amides is 1. The molecule has 1 unspecified atom stereocenters. The fraction of sp³-hybridized carbons (Fsp3) is 0.714. The third-order valence-electron chi connectivity index (χ3n) is 0.892. The highest BCUT2D eigenvalue weighted by Crippen LogP contribution is 1.93. The van der Waals surface area contributed by atoms with E-state index in [0.29, 0.717) is 0 Å². The molecule has 0 aromatic rings. The van der Waals surface area contributed by atoms with Crippen molar-refractivity contribution in [3.05, 3.63) is 0 Å². The van der Waals surface area contributed by atoms with E-state index < -0.39 is 12.1 Å². The molecular weight excluding hydrogens is 162 g/mol. The average molecular weight is 177 g/mol. The van der Waals surface area contributed by atoms with Crippen molar-refractivity contribution in [3.8, 4) is 0 Å². The summed E-state index contributed by atoms with van der Waals surface area (Å²) in [4.78, 5) is 19.0. The summed E-state index contributed by atoms with van der Waals surface area (Å²) >= 11 is 0. The number of aliphatic carboxylic acids is 1. The molecule has 0 aliphatic heterocycles. The van der Waals surface area contributed by atoms with Gasteiger partial charge in [0.05, 0.1) is 0 Å². The Kier molecular flexibility index (Phi) is 8.72. The van der Waals surface area contributed by atoms with E-state index in [-0.39, 0.29) is 6.10 Å². The first-order chi connectivity index (χ1) is 5.40. The molecule has 1 atom stereocenters. The smallest absolute Gasteiger partial charge is 0.404 e. The van der Waals surface area contributed by atoms with Gasteiger partial charge in [0, 0.05) is 6.92 Å². The van der Waals surface area contributed by atoms with Crippen molar-refractivity contribution in [2.75, 3.05) is 0 Å². The second-order valence-corrected chi connectivity index (χ2v) is 2.17. The van der Waals surface area contributed by atoms with Gasteiger partial charge in [0.25, 0.3) is 5.97 Å². The first-order valence-corrected chi connectivity index (χ1v) is 3.55. The predicted molar refractivity (Wildman–Crippen MR) is 43.7 cm³/mol. The molecule has 0 aromatic heterocycles.